The van der Waals surface area contributed by atoms with Crippen LogP contribution in [0.15, 0.2) is 0 Å². The van der Waals surface area contributed by atoms with Gasteiger partial charge >= 0.3 is 0 Å². The van der Waals surface area contributed by atoms with E-state index in [4.69, 9.17) is 5.26 Å². The molecule has 16 heavy (non-hydrogen) atoms. The molecule has 0 fully saturated rings. The van der Waals surface area contributed by atoms with Crippen LogP contribution in [0.2, 0.25) is 0 Å². The Kier molecular flexibility index (Phi) is 7.36. The second-order valence-corrected chi connectivity index (χ2v) is 5.39. The summed E-state index contributed by atoms with van der Waals surface area (Å²) in [6.07, 6.45) is 2.14. The summed E-state index contributed by atoms with van der Waals surface area (Å²) in [5.74, 6) is 0. The molecule has 0 spiro atoms. The highest BCUT2D eigenvalue weighted by atomic mass is 15.2. The number of rotatable bonds is 8. The summed E-state index contributed by atoms with van der Waals surface area (Å²) in [5, 5.41) is 8.98. The molecule has 0 bridgehead atoms. The highest BCUT2D eigenvalue weighted by Gasteiger charge is 2.17. The molecule has 0 saturated carbocycles. The molecule has 0 heterocycles. The summed E-state index contributed by atoms with van der Waals surface area (Å²) in [4.78, 5) is 4.66. The van der Waals surface area contributed by atoms with E-state index in [2.05, 4.69) is 36.9 Å². The smallest absolute Gasteiger partial charge is 0.0684 e. The Hall–Kier alpha value is -0.590. The van der Waals surface area contributed by atoms with Gasteiger partial charge in [0.2, 0.25) is 0 Å². The zero-order valence-corrected chi connectivity index (χ0v) is 11.6. The molecular weight excluding hydrogens is 198 g/mol. The Morgan fingerprint density at radius 1 is 1.06 bits per heavy atom. The topological polar surface area (TPSA) is 30.3 Å². The van der Waals surface area contributed by atoms with Crippen LogP contribution in [0.4, 0.5) is 0 Å². The molecule has 0 unspecified atom stereocenters. The molecule has 0 atom stereocenters. The molecule has 0 saturated heterocycles. The normalized spacial score (nSPS) is 12.1. The molecule has 0 rings (SSSR count). The van der Waals surface area contributed by atoms with Crippen LogP contribution in [0, 0.1) is 16.7 Å². The van der Waals surface area contributed by atoms with Crippen LogP contribution in [-0.2, 0) is 0 Å². The summed E-state index contributed by atoms with van der Waals surface area (Å²) >= 11 is 0. The molecule has 0 amide bonds. The zero-order chi connectivity index (χ0) is 12.6. The Labute approximate surface area is 101 Å². The second kappa shape index (κ2) is 7.65. The lowest BCUT2D eigenvalue weighted by Crippen LogP contribution is -2.34. The first-order valence-electron chi connectivity index (χ1n) is 6.19. The van der Waals surface area contributed by atoms with Crippen molar-refractivity contribution in [3.63, 3.8) is 0 Å². The Bertz CT molecular complexity index is 216. The minimum absolute atomic E-state index is 0.190. The van der Waals surface area contributed by atoms with E-state index in [0.717, 1.165) is 32.6 Å². The summed E-state index contributed by atoms with van der Waals surface area (Å²) in [6.45, 7) is 10.6. The quantitative estimate of drug-likeness (QED) is 0.634. The van der Waals surface area contributed by atoms with Crippen molar-refractivity contribution in [1.29, 1.82) is 5.26 Å². The monoisotopic (exact) mass is 225 g/mol. The molecule has 0 aliphatic rings. The number of hydrogen-bond donors (Lipinski definition) is 0. The van der Waals surface area contributed by atoms with Crippen molar-refractivity contribution in [1.82, 2.24) is 9.80 Å². The second-order valence-electron chi connectivity index (χ2n) is 5.39. The SMILES string of the molecule is CCCN(CCN(C)C)CCC(C)(C)C#N. The van der Waals surface area contributed by atoms with Gasteiger partial charge in [0.15, 0.2) is 0 Å². The first-order chi connectivity index (χ1) is 7.41. The van der Waals surface area contributed by atoms with Gasteiger partial charge in [-0.1, -0.05) is 6.92 Å². The van der Waals surface area contributed by atoms with Gasteiger partial charge in [0.25, 0.3) is 0 Å². The van der Waals surface area contributed by atoms with Gasteiger partial charge in [-0.15, -0.1) is 0 Å². The van der Waals surface area contributed by atoms with Gasteiger partial charge in [-0.3, -0.25) is 0 Å². The fraction of sp³-hybridized carbons (Fsp3) is 0.923. The number of likely N-dealkylation sites (N-methyl/N-ethyl adjacent to an activating group) is 1. The van der Waals surface area contributed by atoms with Gasteiger partial charge in [0.1, 0.15) is 0 Å². The van der Waals surface area contributed by atoms with E-state index in [1.807, 2.05) is 13.8 Å². The molecular formula is C13H27N3. The van der Waals surface area contributed by atoms with Crippen molar-refractivity contribution in [2.24, 2.45) is 5.41 Å². The summed E-state index contributed by atoms with van der Waals surface area (Å²) in [6, 6.07) is 2.37. The van der Waals surface area contributed by atoms with Gasteiger partial charge in [-0.25, -0.2) is 0 Å². The van der Waals surface area contributed by atoms with Crippen LogP contribution in [0.3, 0.4) is 0 Å². The Morgan fingerprint density at radius 2 is 1.69 bits per heavy atom. The Balaban J connectivity index is 3.99. The highest BCUT2D eigenvalue weighted by Crippen LogP contribution is 2.18. The Morgan fingerprint density at radius 3 is 2.12 bits per heavy atom. The molecule has 3 nitrogen and oxygen atoms in total. The predicted octanol–water partition coefficient (Wildman–Crippen LogP) is 2.20. The van der Waals surface area contributed by atoms with E-state index in [0.29, 0.717) is 0 Å². The molecule has 0 aromatic carbocycles. The van der Waals surface area contributed by atoms with Crippen molar-refractivity contribution in [2.75, 3.05) is 40.3 Å². The van der Waals surface area contributed by atoms with Crippen molar-refractivity contribution in [2.45, 2.75) is 33.6 Å². The van der Waals surface area contributed by atoms with Gasteiger partial charge in [-0.2, -0.15) is 5.26 Å². The molecule has 0 aliphatic carbocycles. The van der Waals surface area contributed by atoms with Gasteiger partial charge in [0, 0.05) is 13.1 Å². The number of nitrogens with zero attached hydrogens (tertiary/aromatic N) is 3. The number of nitriles is 1. The van der Waals surface area contributed by atoms with E-state index in [1.165, 1.54) is 6.42 Å². The van der Waals surface area contributed by atoms with Gasteiger partial charge in [-0.05, 0) is 53.9 Å². The first kappa shape index (κ1) is 15.4. The number of hydrogen-bond acceptors (Lipinski definition) is 3. The summed E-state index contributed by atoms with van der Waals surface area (Å²) in [7, 11) is 4.20. The van der Waals surface area contributed by atoms with Crippen LogP contribution >= 0.6 is 0 Å². The highest BCUT2D eigenvalue weighted by molar-refractivity contribution is 4.92. The average molecular weight is 225 g/mol. The molecule has 0 aromatic heterocycles. The molecule has 0 aliphatic heterocycles. The van der Waals surface area contributed by atoms with Gasteiger partial charge < -0.3 is 9.80 Å². The zero-order valence-electron chi connectivity index (χ0n) is 11.6. The van der Waals surface area contributed by atoms with Crippen LogP contribution in [0.1, 0.15) is 33.6 Å². The van der Waals surface area contributed by atoms with E-state index < -0.39 is 0 Å². The largest absolute Gasteiger partial charge is 0.308 e. The van der Waals surface area contributed by atoms with Crippen LogP contribution in [-0.4, -0.2) is 50.1 Å². The maximum Gasteiger partial charge on any atom is 0.0684 e. The maximum absolute atomic E-state index is 8.98. The van der Waals surface area contributed by atoms with E-state index in [1.54, 1.807) is 0 Å². The van der Waals surface area contributed by atoms with E-state index >= 15 is 0 Å². The minimum atomic E-state index is -0.190. The first-order valence-corrected chi connectivity index (χ1v) is 6.19. The molecule has 0 aromatic rings. The predicted molar refractivity (Wildman–Crippen MR) is 69.3 cm³/mol. The van der Waals surface area contributed by atoms with Crippen LogP contribution in [0.5, 0.6) is 0 Å². The molecule has 3 heteroatoms. The van der Waals surface area contributed by atoms with Crippen molar-refractivity contribution < 1.29 is 0 Å². The van der Waals surface area contributed by atoms with Crippen molar-refractivity contribution in [3.8, 4) is 6.07 Å². The van der Waals surface area contributed by atoms with Crippen molar-refractivity contribution >= 4 is 0 Å². The maximum atomic E-state index is 8.98. The standard InChI is InChI=1S/C13H27N3/c1-6-8-16(11-10-15(4)5)9-7-13(2,3)12-14/h6-11H2,1-5H3. The minimum Gasteiger partial charge on any atom is -0.308 e. The molecule has 94 valence electrons. The lowest BCUT2D eigenvalue weighted by molar-refractivity contribution is 0.219. The van der Waals surface area contributed by atoms with Gasteiger partial charge in [0.05, 0.1) is 11.5 Å². The lowest BCUT2D eigenvalue weighted by atomic mass is 9.91. The third kappa shape index (κ3) is 7.67. The average Bonchev–Trinajstić information content (AvgIpc) is 2.22. The fourth-order valence-electron chi connectivity index (χ4n) is 1.49. The molecule has 0 radical (unpaired) electrons. The van der Waals surface area contributed by atoms with E-state index in [-0.39, 0.29) is 5.41 Å². The third-order valence-electron chi connectivity index (χ3n) is 2.76. The third-order valence-corrected chi connectivity index (χ3v) is 2.76. The summed E-state index contributed by atoms with van der Waals surface area (Å²) < 4.78 is 0. The van der Waals surface area contributed by atoms with E-state index in [9.17, 15) is 0 Å². The molecule has 0 N–H and O–H groups in total. The fourth-order valence-corrected chi connectivity index (χ4v) is 1.49. The van der Waals surface area contributed by atoms with Crippen LogP contribution in [0.25, 0.3) is 0 Å². The lowest BCUT2D eigenvalue weighted by Gasteiger charge is -2.26. The van der Waals surface area contributed by atoms with Crippen LogP contribution < -0.4 is 0 Å². The summed E-state index contributed by atoms with van der Waals surface area (Å²) in [5.41, 5.74) is -0.190. The van der Waals surface area contributed by atoms with Crippen molar-refractivity contribution in [3.05, 3.63) is 0 Å².